The third kappa shape index (κ3) is 1.56. The lowest BCUT2D eigenvalue weighted by molar-refractivity contribution is -0.111. The van der Waals surface area contributed by atoms with Crippen LogP contribution in [0.1, 0.15) is 6.42 Å². The van der Waals surface area contributed by atoms with Crippen molar-refractivity contribution in [3.8, 4) is 0 Å². The van der Waals surface area contributed by atoms with Gasteiger partial charge in [-0.15, -0.1) is 0 Å². The van der Waals surface area contributed by atoms with E-state index in [1.807, 2.05) is 0 Å². The van der Waals surface area contributed by atoms with Crippen LogP contribution in [0.25, 0.3) is 0 Å². The fraction of sp³-hybridized carbons (Fsp3) is 0.500. The molecule has 2 rings (SSSR count). The number of hydrogen-bond acceptors (Lipinski definition) is 2. The molecule has 0 saturated heterocycles. The van der Waals surface area contributed by atoms with Crippen LogP contribution in [0, 0.1) is 11.8 Å². The molecule has 2 atom stereocenters. The fourth-order valence-electron chi connectivity index (χ4n) is 1.95. The summed E-state index contributed by atoms with van der Waals surface area (Å²) < 4.78 is 5.15. The molecule has 0 N–H and O–H groups in total. The molecule has 2 aliphatic rings. The van der Waals surface area contributed by atoms with Crippen LogP contribution in [0.3, 0.4) is 0 Å². The number of carbonyl (C=O) groups is 1. The van der Waals surface area contributed by atoms with E-state index in [4.69, 9.17) is 16.3 Å². The highest BCUT2D eigenvalue weighted by Gasteiger charge is 2.33. The van der Waals surface area contributed by atoms with E-state index in [9.17, 15) is 4.79 Å². The molecule has 13 heavy (non-hydrogen) atoms. The summed E-state index contributed by atoms with van der Waals surface area (Å²) in [5.74, 6) is 0.880. The summed E-state index contributed by atoms with van der Waals surface area (Å²) in [5.41, 5.74) is 1.16. The SMILES string of the molecule is O=CCOCC1=C(Cl)[C@H]2C=C[C@@H]1C2. The highest BCUT2D eigenvalue weighted by atomic mass is 35.5. The van der Waals surface area contributed by atoms with Gasteiger partial charge in [-0.3, -0.25) is 0 Å². The Hall–Kier alpha value is -0.600. The molecule has 0 spiro atoms. The molecule has 0 aromatic rings. The highest BCUT2D eigenvalue weighted by molar-refractivity contribution is 6.30. The van der Waals surface area contributed by atoms with Crippen LogP contribution in [0.4, 0.5) is 0 Å². The molecule has 0 saturated carbocycles. The second-order valence-electron chi connectivity index (χ2n) is 3.39. The van der Waals surface area contributed by atoms with Crippen molar-refractivity contribution in [3.63, 3.8) is 0 Å². The standard InChI is InChI=1S/C10H11ClO2/c11-10-8-2-1-7(5-8)9(10)6-13-4-3-12/h1-3,7-8H,4-6H2/t7-,8+/m1/s1. The molecule has 70 valence electrons. The third-order valence-electron chi connectivity index (χ3n) is 2.61. The predicted molar refractivity (Wildman–Crippen MR) is 50.5 cm³/mol. The van der Waals surface area contributed by atoms with E-state index in [-0.39, 0.29) is 6.61 Å². The van der Waals surface area contributed by atoms with Gasteiger partial charge in [0.2, 0.25) is 0 Å². The molecular weight excluding hydrogens is 188 g/mol. The fourth-order valence-corrected chi connectivity index (χ4v) is 2.31. The first-order valence-corrected chi connectivity index (χ1v) is 4.79. The van der Waals surface area contributed by atoms with Gasteiger partial charge in [-0.05, 0) is 12.0 Å². The molecule has 0 unspecified atom stereocenters. The van der Waals surface area contributed by atoms with Crippen molar-refractivity contribution in [2.24, 2.45) is 11.8 Å². The van der Waals surface area contributed by atoms with Crippen LogP contribution >= 0.6 is 11.6 Å². The van der Waals surface area contributed by atoms with Crippen LogP contribution in [0.5, 0.6) is 0 Å². The van der Waals surface area contributed by atoms with Gasteiger partial charge in [0.05, 0.1) is 6.61 Å². The summed E-state index contributed by atoms with van der Waals surface area (Å²) >= 11 is 6.11. The van der Waals surface area contributed by atoms with Crippen LogP contribution in [0.2, 0.25) is 0 Å². The quantitative estimate of drug-likeness (QED) is 0.392. The Balaban J connectivity index is 1.96. The lowest BCUT2D eigenvalue weighted by Crippen LogP contribution is -2.06. The van der Waals surface area contributed by atoms with Crippen LogP contribution < -0.4 is 0 Å². The number of ether oxygens (including phenoxy) is 1. The maximum atomic E-state index is 10.0. The van der Waals surface area contributed by atoms with E-state index < -0.39 is 0 Å². The van der Waals surface area contributed by atoms with Crippen LogP contribution in [-0.2, 0) is 9.53 Å². The van der Waals surface area contributed by atoms with Gasteiger partial charge < -0.3 is 9.53 Å². The average Bonchev–Trinajstić information content (AvgIpc) is 2.69. The monoisotopic (exact) mass is 198 g/mol. The van der Waals surface area contributed by atoms with Gasteiger partial charge in [0, 0.05) is 16.9 Å². The van der Waals surface area contributed by atoms with E-state index in [1.54, 1.807) is 0 Å². The first-order chi connectivity index (χ1) is 6.33. The van der Waals surface area contributed by atoms with Gasteiger partial charge >= 0.3 is 0 Å². The third-order valence-corrected chi connectivity index (χ3v) is 3.13. The largest absolute Gasteiger partial charge is 0.370 e. The highest BCUT2D eigenvalue weighted by Crippen LogP contribution is 2.45. The lowest BCUT2D eigenvalue weighted by Gasteiger charge is -2.10. The van der Waals surface area contributed by atoms with Crippen molar-refractivity contribution in [1.29, 1.82) is 0 Å². The van der Waals surface area contributed by atoms with Gasteiger partial charge in [-0.2, -0.15) is 0 Å². The summed E-state index contributed by atoms with van der Waals surface area (Å²) in [6.45, 7) is 0.665. The number of fused-ring (bicyclic) bond motifs is 2. The maximum Gasteiger partial charge on any atom is 0.145 e. The molecule has 0 aromatic carbocycles. The van der Waals surface area contributed by atoms with Crippen molar-refractivity contribution < 1.29 is 9.53 Å². The molecule has 0 aliphatic heterocycles. The Bertz CT molecular complexity index is 281. The molecule has 0 aromatic heterocycles. The molecule has 2 aliphatic carbocycles. The first-order valence-electron chi connectivity index (χ1n) is 4.41. The van der Waals surface area contributed by atoms with E-state index in [0.717, 1.165) is 23.3 Å². The number of hydrogen-bond donors (Lipinski definition) is 0. The molecule has 2 nitrogen and oxygen atoms in total. The Kier molecular flexibility index (Phi) is 2.51. The Morgan fingerprint density at radius 2 is 2.31 bits per heavy atom. The minimum Gasteiger partial charge on any atom is -0.370 e. The second-order valence-corrected chi connectivity index (χ2v) is 3.80. The van der Waals surface area contributed by atoms with Crippen molar-refractivity contribution in [1.82, 2.24) is 0 Å². The van der Waals surface area contributed by atoms with Crippen LogP contribution in [-0.4, -0.2) is 19.5 Å². The van der Waals surface area contributed by atoms with Gasteiger partial charge in [0.1, 0.15) is 12.9 Å². The summed E-state index contributed by atoms with van der Waals surface area (Å²) in [6.07, 6.45) is 6.18. The predicted octanol–water partition coefficient (Wildman–Crippen LogP) is 1.90. The van der Waals surface area contributed by atoms with E-state index in [2.05, 4.69) is 12.2 Å². The molecule has 0 fully saturated rings. The van der Waals surface area contributed by atoms with Gasteiger partial charge in [0.15, 0.2) is 0 Å². The Morgan fingerprint density at radius 3 is 2.92 bits per heavy atom. The maximum absolute atomic E-state index is 10.0. The smallest absolute Gasteiger partial charge is 0.145 e. The zero-order chi connectivity index (χ0) is 9.26. The summed E-state index contributed by atoms with van der Waals surface area (Å²) in [7, 11) is 0. The molecule has 0 heterocycles. The van der Waals surface area contributed by atoms with E-state index >= 15 is 0 Å². The van der Waals surface area contributed by atoms with Crippen molar-refractivity contribution in [3.05, 3.63) is 22.8 Å². The first kappa shape index (κ1) is 8.97. The average molecular weight is 199 g/mol. The van der Waals surface area contributed by atoms with E-state index in [0.29, 0.717) is 18.4 Å². The van der Waals surface area contributed by atoms with Crippen molar-refractivity contribution >= 4 is 17.9 Å². The number of allylic oxidation sites excluding steroid dienone is 3. The summed E-state index contributed by atoms with van der Waals surface area (Å²) in [5, 5.41) is 0.929. The van der Waals surface area contributed by atoms with Gasteiger partial charge in [0.25, 0.3) is 0 Å². The molecule has 3 heteroatoms. The molecular formula is C10H11ClO2. The number of halogens is 1. The number of carbonyl (C=O) groups excluding carboxylic acids is 1. The van der Waals surface area contributed by atoms with Crippen molar-refractivity contribution in [2.45, 2.75) is 6.42 Å². The summed E-state index contributed by atoms with van der Waals surface area (Å²) in [4.78, 5) is 10.0. The molecule has 0 amide bonds. The topological polar surface area (TPSA) is 26.3 Å². The second kappa shape index (κ2) is 3.64. The minimum atomic E-state index is 0.161. The Labute approximate surface area is 82.2 Å². The van der Waals surface area contributed by atoms with E-state index in [1.165, 1.54) is 0 Å². The van der Waals surface area contributed by atoms with Crippen LogP contribution in [0.15, 0.2) is 22.8 Å². The lowest BCUT2D eigenvalue weighted by atomic mass is 10.0. The van der Waals surface area contributed by atoms with Crippen molar-refractivity contribution in [2.75, 3.05) is 13.2 Å². The number of aldehydes is 1. The zero-order valence-electron chi connectivity index (χ0n) is 7.20. The minimum absolute atomic E-state index is 0.161. The normalized spacial score (nSPS) is 30.2. The number of rotatable bonds is 4. The summed E-state index contributed by atoms with van der Waals surface area (Å²) in [6, 6.07) is 0. The van der Waals surface area contributed by atoms with Gasteiger partial charge in [-0.1, -0.05) is 23.8 Å². The molecule has 0 radical (unpaired) electrons. The van der Waals surface area contributed by atoms with Gasteiger partial charge in [-0.25, -0.2) is 0 Å². The zero-order valence-corrected chi connectivity index (χ0v) is 7.96. The molecule has 2 bridgehead atoms. The Morgan fingerprint density at radius 1 is 1.54 bits per heavy atom.